The molecule has 0 heterocycles. The van der Waals surface area contributed by atoms with Crippen LogP contribution in [0.4, 0.5) is 0 Å². The monoisotopic (exact) mass is 173 g/mol. The summed E-state index contributed by atoms with van der Waals surface area (Å²) < 4.78 is 0. The van der Waals surface area contributed by atoms with Gasteiger partial charge in [0.2, 0.25) is 0 Å². The van der Waals surface area contributed by atoms with Gasteiger partial charge in [-0.25, -0.2) is 0 Å². The number of aldehydes is 1. The average Bonchev–Trinajstić information content (AvgIpc) is 2.16. The standard InChI is InChI=1S/C11H11NO/c1-9-5-3-4-6-11(9)10(8-13)7-12-2/h3-8H,1H2,2H3/b11-10+,12-7-. The zero-order valence-corrected chi connectivity index (χ0v) is 7.53. The lowest BCUT2D eigenvalue weighted by Gasteiger charge is -1.91. The molecule has 0 N–H and O–H groups in total. The molecule has 0 aliphatic rings. The zero-order chi connectivity index (χ0) is 9.68. The highest BCUT2D eigenvalue weighted by Crippen LogP contribution is 1.80. The van der Waals surface area contributed by atoms with Gasteiger partial charge in [0.25, 0.3) is 0 Å². The van der Waals surface area contributed by atoms with Crippen molar-refractivity contribution in [1.82, 2.24) is 0 Å². The maximum atomic E-state index is 10.7. The number of rotatable bonds is 2. The van der Waals surface area contributed by atoms with Gasteiger partial charge in [-0.15, -0.1) is 0 Å². The van der Waals surface area contributed by atoms with Crippen LogP contribution in [-0.4, -0.2) is 19.5 Å². The first-order valence-electron chi connectivity index (χ1n) is 3.95. The molecule has 2 heteroatoms. The highest BCUT2D eigenvalue weighted by molar-refractivity contribution is 6.26. The van der Waals surface area contributed by atoms with Gasteiger partial charge in [0, 0.05) is 18.8 Å². The molecule has 1 aromatic rings. The van der Waals surface area contributed by atoms with Gasteiger partial charge in [-0.1, -0.05) is 30.8 Å². The molecule has 0 bridgehead atoms. The summed E-state index contributed by atoms with van der Waals surface area (Å²) in [6.07, 6.45) is 2.33. The summed E-state index contributed by atoms with van der Waals surface area (Å²) in [5.41, 5.74) is 0.563. The third-order valence-corrected chi connectivity index (χ3v) is 1.72. The fraction of sp³-hybridized carbons (Fsp3) is 0.0909. The molecular formula is C11H11NO. The van der Waals surface area contributed by atoms with Crippen molar-refractivity contribution in [1.29, 1.82) is 0 Å². The molecule has 66 valence electrons. The minimum Gasteiger partial charge on any atom is -0.298 e. The Kier molecular flexibility index (Phi) is 3.15. The van der Waals surface area contributed by atoms with Crippen molar-refractivity contribution in [2.75, 3.05) is 7.05 Å². The van der Waals surface area contributed by atoms with Crippen LogP contribution in [0.15, 0.2) is 29.3 Å². The molecule has 0 aliphatic carbocycles. The van der Waals surface area contributed by atoms with Crippen LogP contribution >= 0.6 is 0 Å². The number of carbonyl (C=O) groups is 1. The highest BCUT2D eigenvalue weighted by Gasteiger charge is 1.91. The molecule has 0 atom stereocenters. The first-order valence-corrected chi connectivity index (χ1v) is 3.95. The number of benzene rings is 1. The molecule has 0 aliphatic heterocycles. The first kappa shape index (κ1) is 9.39. The van der Waals surface area contributed by atoms with Gasteiger partial charge in [-0.2, -0.15) is 0 Å². The Morgan fingerprint density at radius 1 is 1.46 bits per heavy atom. The van der Waals surface area contributed by atoms with Crippen molar-refractivity contribution >= 4 is 24.7 Å². The van der Waals surface area contributed by atoms with Crippen molar-refractivity contribution < 1.29 is 4.79 Å². The molecule has 2 nitrogen and oxygen atoms in total. The van der Waals surface area contributed by atoms with E-state index in [0.29, 0.717) is 5.57 Å². The maximum Gasteiger partial charge on any atom is 0.152 e. The molecule has 1 aromatic carbocycles. The molecule has 0 amide bonds. The summed E-state index contributed by atoms with van der Waals surface area (Å²) in [4.78, 5) is 14.5. The van der Waals surface area contributed by atoms with Crippen LogP contribution in [0.1, 0.15) is 0 Å². The Labute approximate surface area is 76.9 Å². The summed E-state index contributed by atoms with van der Waals surface area (Å²) in [7, 11) is 1.63. The summed E-state index contributed by atoms with van der Waals surface area (Å²) in [5.74, 6) is 0. The molecule has 0 unspecified atom stereocenters. The number of carbonyl (C=O) groups excluding carboxylic acids is 1. The predicted octanol–water partition coefficient (Wildman–Crippen LogP) is 0.147. The second-order valence-electron chi connectivity index (χ2n) is 2.62. The van der Waals surface area contributed by atoms with E-state index in [2.05, 4.69) is 11.6 Å². The number of hydrogen-bond donors (Lipinski definition) is 0. The van der Waals surface area contributed by atoms with Gasteiger partial charge in [-0.3, -0.25) is 9.79 Å². The third kappa shape index (κ3) is 2.12. The van der Waals surface area contributed by atoms with Crippen molar-refractivity contribution in [2.24, 2.45) is 4.99 Å². The summed E-state index contributed by atoms with van der Waals surface area (Å²) in [6.45, 7) is 3.83. The Hall–Kier alpha value is -1.70. The summed E-state index contributed by atoms with van der Waals surface area (Å²) in [5, 5.41) is 1.67. The van der Waals surface area contributed by atoms with Gasteiger partial charge in [0.1, 0.15) is 0 Å². The van der Waals surface area contributed by atoms with E-state index in [1.54, 1.807) is 7.05 Å². The normalized spacial score (nSPS) is 13.0. The average molecular weight is 173 g/mol. The summed E-state index contributed by atoms with van der Waals surface area (Å²) >= 11 is 0. The molecule has 0 aromatic heterocycles. The topological polar surface area (TPSA) is 29.4 Å². The Balaban J connectivity index is 3.55. The zero-order valence-electron chi connectivity index (χ0n) is 7.53. The van der Waals surface area contributed by atoms with Crippen molar-refractivity contribution in [2.45, 2.75) is 0 Å². The maximum absolute atomic E-state index is 10.7. The second-order valence-corrected chi connectivity index (χ2v) is 2.62. The van der Waals surface area contributed by atoms with E-state index in [-0.39, 0.29) is 0 Å². The molecule has 13 heavy (non-hydrogen) atoms. The minimum absolute atomic E-state index is 0.563. The van der Waals surface area contributed by atoms with E-state index in [1.807, 2.05) is 24.3 Å². The number of nitrogens with zero attached hydrogens (tertiary/aromatic N) is 1. The smallest absolute Gasteiger partial charge is 0.152 e. The number of hydrogen-bond acceptors (Lipinski definition) is 2. The van der Waals surface area contributed by atoms with Crippen molar-refractivity contribution in [3.63, 3.8) is 0 Å². The van der Waals surface area contributed by atoms with E-state index in [4.69, 9.17) is 0 Å². The Morgan fingerprint density at radius 2 is 2.15 bits per heavy atom. The lowest BCUT2D eigenvalue weighted by atomic mass is 10.1. The highest BCUT2D eigenvalue weighted by atomic mass is 16.1. The quantitative estimate of drug-likeness (QED) is 0.462. The van der Waals surface area contributed by atoms with Gasteiger partial charge >= 0.3 is 0 Å². The lowest BCUT2D eigenvalue weighted by molar-refractivity contribution is -0.103. The molecule has 1 rings (SSSR count). The van der Waals surface area contributed by atoms with Gasteiger partial charge in [-0.05, 0) is 10.4 Å². The molecule has 0 spiro atoms. The SMILES string of the molecule is C=c1cccc/c1=C(C=O)/C=N\C. The Morgan fingerprint density at radius 3 is 2.69 bits per heavy atom. The predicted molar refractivity (Wildman–Crippen MR) is 55.1 cm³/mol. The molecule has 0 radical (unpaired) electrons. The van der Waals surface area contributed by atoms with Crippen LogP contribution < -0.4 is 10.4 Å². The van der Waals surface area contributed by atoms with E-state index in [1.165, 1.54) is 6.21 Å². The van der Waals surface area contributed by atoms with Crippen molar-refractivity contribution in [3.8, 4) is 0 Å². The largest absolute Gasteiger partial charge is 0.298 e. The van der Waals surface area contributed by atoms with E-state index < -0.39 is 0 Å². The molecule has 0 fully saturated rings. The molecule has 0 saturated heterocycles. The minimum atomic E-state index is 0.563. The van der Waals surface area contributed by atoms with Crippen LogP contribution in [0.3, 0.4) is 0 Å². The van der Waals surface area contributed by atoms with E-state index >= 15 is 0 Å². The fourth-order valence-electron chi connectivity index (χ4n) is 1.10. The first-order chi connectivity index (χ1) is 6.29. The lowest BCUT2D eigenvalue weighted by Crippen LogP contribution is -2.25. The third-order valence-electron chi connectivity index (χ3n) is 1.72. The molecule has 0 saturated carbocycles. The fourth-order valence-corrected chi connectivity index (χ4v) is 1.10. The summed E-state index contributed by atoms with van der Waals surface area (Å²) in [6, 6.07) is 7.48. The van der Waals surface area contributed by atoms with Gasteiger partial charge < -0.3 is 0 Å². The van der Waals surface area contributed by atoms with Crippen LogP contribution in [0, 0.1) is 0 Å². The van der Waals surface area contributed by atoms with Crippen LogP contribution in [0.2, 0.25) is 0 Å². The van der Waals surface area contributed by atoms with Gasteiger partial charge in [0.05, 0.1) is 0 Å². The van der Waals surface area contributed by atoms with Crippen LogP contribution in [0.25, 0.3) is 12.2 Å². The van der Waals surface area contributed by atoms with Crippen LogP contribution in [-0.2, 0) is 4.79 Å². The molecular weight excluding hydrogens is 162 g/mol. The van der Waals surface area contributed by atoms with Crippen LogP contribution in [0.5, 0.6) is 0 Å². The second kappa shape index (κ2) is 4.36. The Bertz CT molecular complexity index is 432. The van der Waals surface area contributed by atoms with Crippen molar-refractivity contribution in [3.05, 3.63) is 34.7 Å². The number of aliphatic imine (C=N–C) groups is 1. The van der Waals surface area contributed by atoms with E-state index in [9.17, 15) is 4.79 Å². The van der Waals surface area contributed by atoms with E-state index in [0.717, 1.165) is 16.7 Å². The van der Waals surface area contributed by atoms with Gasteiger partial charge in [0.15, 0.2) is 6.29 Å².